The van der Waals surface area contributed by atoms with Crippen LogP contribution < -0.4 is 0 Å². The maximum atomic E-state index is 13.3. The second-order valence-electron chi connectivity index (χ2n) is 6.41. The lowest BCUT2D eigenvalue weighted by atomic mass is 10.0. The molecular formula is C18H19ClFN3O2. The number of rotatable bonds is 5. The first kappa shape index (κ1) is 17.6. The molecule has 7 heteroatoms. The van der Waals surface area contributed by atoms with Gasteiger partial charge in [0.15, 0.2) is 5.65 Å². The summed E-state index contributed by atoms with van der Waals surface area (Å²) in [4.78, 5) is 8.28. The molecule has 0 aliphatic rings. The van der Waals surface area contributed by atoms with Crippen LogP contribution in [0.5, 0.6) is 6.01 Å². The molecule has 0 fully saturated rings. The molecule has 5 nitrogen and oxygen atoms in total. The molecule has 0 bridgehead atoms. The Bertz CT molecular complexity index is 893. The van der Waals surface area contributed by atoms with E-state index >= 15 is 0 Å². The van der Waals surface area contributed by atoms with Crippen molar-refractivity contribution < 1.29 is 14.6 Å². The normalized spacial score (nSPS) is 12.9. The van der Waals surface area contributed by atoms with Crippen molar-refractivity contribution in [1.82, 2.24) is 14.5 Å². The minimum Gasteiger partial charge on any atom is -0.480 e. The van der Waals surface area contributed by atoms with E-state index in [0.717, 1.165) is 0 Å². The Balaban J connectivity index is 2.29. The van der Waals surface area contributed by atoms with Gasteiger partial charge in [0.25, 0.3) is 6.01 Å². The number of aliphatic hydroxyl groups excluding tert-OH is 1. The van der Waals surface area contributed by atoms with E-state index in [2.05, 4.69) is 9.97 Å². The lowest BCUT2D eigenvalue weighted by Crippen LogP contribution is -2.15. The summed E-state index contributed by atoms with van der Waals surface area (Å²) >= 11 is 6.37. The summed E-state index contributed by atoms with van der Waals surface area (Å²) in [6.07, 6.45) is 2.10. The first-order chi connectivity index (χ1) is 11.9. The van der Waals surface area contributed by atoms with Crippen molar-refractivity contribution in [3.8, 4) is 17.1 Å². The SMILES string of the molecule is CC(C)CC(CO)n1c(O)nc2ncc(Cl)c(-c3ccc(F)cc3)c21. The minimum absolute atomic E-state index is 0.160. The number of benzene rings is 1. The smallest absolute Gasteiger partial charge is 0.296 e. The maximum absolute atomic E-state index is 13.3. The van der Waals surface area contributed by atoms with Gasteiger partial charge < -0.3 is 10.2 Å². The zero-order chi connectivity index (χ0) is 18.1. The molecule has 0 radical (unpaired) electrons. The van der Waals surface area contributed by atoms with Gasteiger partial charge in [-0.15, -0.1) is 0 Å². The molecule has 1 atom stereocenters. The molecule has 0 saturated heterocycles. The summed E-state index contributed by atoms with van der Waals surface area (Å²) in [5.74, 6) is -0.0509. The predicted molar refractivity (Wildman–Crippen MR) is 95.2 cm³/mol. The number of halogens is 2. The number of aromatic nitrogens is 3. The van der Waals surface area contributed by atoms with Gasteiger partial charge in [-0.2, -0.15) is 4.98 Å². The number of fused-ring (bicyclic) bond motifs is 1. The maximum Gasteiger partial charge on any atom is 0.296 e. The van der Waals surface area contributed by atoms with E-state index in [1.165, 1.54) is 18.3 Å². The van der Waals surface area contributed by atoms with E-state index in [1.54, 1.807) is 16.7 Å². The fourth-order valence-electron chi connectivity index (χ4n) is 3.07. The number of imidazole rings is 1. The van der Waals surface area contributed by atoms with Crippen LogP contribution in [0.15, 0.2) is 30.5 Å². The van der Waals surface area contributed by atoms with Gasteiger partial charge in [0.05, 0.1) is 17.7 Å². The Kier molecular flexibility index (Phi) is 4.92. The summed E-state index contributed by atoms with van der Waals surface area (Å²) in [6.45, 7) is 3.91. The number of hydrogen-bond acceptors (Lipinski definition) is 4. The molecule has 0 aliphatic heterocycles. The molecule has 3 rings (SSSR count). The van der Waals surface area contributed by atoms with Gasteiger partial charge in [-0.3, -0.25) is 4.57 Å². The summed E-state index contributed by atoms with van der Waals surface area (Å²) in [7, 11) is 0. The van der Waals surface area contributed by atoms with Gasteiger partial charge >= 0.3 is 0 Å². The van der Waals surface area contributed by atoms with Gasteiger partial charge in [0, 0.05) is 11.8 Å². The van der Waals surface area contributed by atoms with Crippen LogP contribution in [0.1, 0.15) is 26.3 Å². The Labute approximate surface area is 149 Å². The number of aromatic hydroxyl groups is 1. The fraction of sp³-hybridized carbons (Fsp3) is 0.333. The van der Waals surface area contributed by atoms with Gasteiger partial charge in [-0.25, -0.2) is 9.37 Å². The highest BCUT2D eigenvalue weighted by molar-refractivity contribution is 6.34. The Morgan fingerprint density at radius 3 is 2.52 bits per heavy atom. The summed E-state index contributed by atoms with van der Waals surface area (Å²) in [5, 5.41) is 20.6. The highest BCUT2D eigenvalue weighted by atomic mass is 35.5. The van der Waals surface area contributed by atoms with Crippen molar-refractivity contribution in [2.24, 2.45) is 5.92 Å². The van der Waals surface area contributed by atoms with Crippen LogP contribution in [0.4, 0.5) is 4.39 Å². The van der Waals surface area contributed by atoms with Crippen LogP contribution in [0.3, 0.4) is 0 Å². The minimum atomic E-state index is -0.371. The fourth-order valence-corrected chi connectivity index (χ4v) is 3.32. The highest BCUT2D eigenvalue weighted by Gasteiger charge is 2.24. The third kappa shape index (κ3) is 3.32. The molecule has 0 spiro atoms. The molecular weight excluding hydrogens is 345 g/mol. The Hall–Kier alpha value is -2.18. The second-order valence-corrected chi connectivity index (χ2v) is 6.82. The van der Waals surface area contributed by atoms with Crippen molar-refractivity contribution in [2.75, 3.05) is 6.61 Å². The molecule has 0 aliphatic carbocycles. The van der Waals surface area contributed by atoms with Crippen LogP contribution in [0, 0.1) is 11.7 Å². The van der Waals surface area contributed by atoms with Crippen molar-refractivity contribution in [1.29, 1.82) is 0 Å². The van der Waals surface area contributed by atoms with Crippen LogP contribution in [0.2, 0.25) is 5.02 Å². The van der Waals surface area contributed by atoms with Gasteiger partial charge in [-0.05, 0) is 30.0 Å². The van der Waals surface area contributed by atoms with E-state index in [1.807, 2.05) is 13.8 Å². The highest BCUT2D eigenvalue weighted by Crippen LogP contribution is 2.38. The first-order valence-electron chi connectivity index (χ1n) is 8.04. The largest absolute Gasteiger partial charge is 0.480 e. The lowest BCUT2D eigenvalue weighted by molar-refractivity contribution is 0.201. The standard InChI is InChI=1S/C18H19ClFN3O2/c1-10(2)7-13(9-24)23-16-15(11-3-5-12(20)6-4-11)14(19)8-21-17(16)22-18(23)25/h3-6,8,10,13,24H,7,9H2,1-2H3,(H,21,22,25). The molecule has 3 aromatic rings. The zero-order valence-electron chi connectivity index (χ0n) is 13.9. The van der Waals surface area contributed by atoms with E-state index < -0.39 is 0 Å². The topological polar surface area (TPSA) is 71.2 Å². The molecule has 2 heterocycles. The van der Waals surface area contributed by atoms with Gasteiger partial charge in [-0.1, -0.05) is 37.6 Å². The predicted octanol–water partition coefficient (Wildman–Crippen LogP) is 4.18. The summed E-state index contributed by atoms with van der Waals surface area (Å²) < 4.78 is 14.9. The van der Waals surface area contributed by atoms with Gasteiger partial charge in [0.2, 0.25) is 0 Å². The van der Waals surface area contributed by atoms with Crippen LogP contribution in [-0.4, -0.2) is 31.4 Å². The number of hydrogen-bond donors (Lipinski definition) is 2. The number of pyridine rings is 1. The van der Waals surface area contributed by atoms with E-state index in [9.17, 15) is 14.6 Å². The molecule has 0 saturated carbocycles. The molecule has 2 aromatic heterocycles. The molecule has 0 amide bonds. The van der Waals surface area contributed by atoms with E-state index in [-0.39, 0.29) is 24.5 Å². The second kappa shape index (κ2) is 6.98. The van der Waals surface area contributed by atoms with Crippen LogP contribution >= 0.6 is 11.6 Å². The van der Waals surface area contributed by atoms with Gasteiger partial charge in [0.1, 0.15) is 11.3 Å². The Morgan fingerprint density at radius 1 is 1.24 bits per heavy atom. The van der Waals surface area contributed by atoms with Crippen LogP contribution in [0.25, 0.3) is 22.3 Å². The summed E-state index contributed by atoms with van der Waals surface area (Å²) in [5.41, 5.74) is 2.13. The Morgan fingerprint density at radius 2 is 1.92 bits per heavy atom. The number of aliphatic hydroxyl groups is 1. The van der Waals surface area contributed by atoms with Crippen LogP contribution in [-0.2, 0) is 0 Å². The lowest BCUT2D eigenvalue weighted by Gasteiger charge is -2.21. The average molecular weight is 364 g/mol. The molecule has 25 heavy (non-hydrogen) atoms. The monoisotopic (exact) mass is 363 g/mol. The third-order valence-corrected chi connectivity index (χ3v) is 4.39. The molecule has 2 N–H and O–H groups in total. The van der Waals surface area contributed by atoms with E-state index in [0.29, 0.717) is 39.7 Å². The number of nitrogens with zero attached hydrogens (tertiary/aromatic N) is 3. The first-order valence-corrected chi connectivity index (χ1v) is 8.42. The van der Waals surface area contributed by atoms with Crippen molar-refractivity contribution in [3.05, 3.63) is 41.3 Å². The third-order valence-electron chi connectivity index (χ3n) is 4.10. The average Bonchev–Trinajstić information content (AvgIpc) is 2.90. The quantitative estimate of drug-likeness (QED) is 0.713. The zero-order valence-corrected chi connectivity index (χ0v) is 14.7. The molecule has 1 aromatic carbocycles. The van der Waals surface area contributed by atoms with E-state index in [4.69, 9.17) is 11.6 Å². The van der Waals surface area contributed by atoms with Crippen molar-refractivity contribution >= 4 is 22.8 Å². The molecule has 1 unspecified atom stereocenters. The van der Waals surface area contributed by atoms with Crippen molar-refractivity contribution in [2.45, 2.75) is 26.3 Å². The summed E-state index contributed by atoms with van der Waals surface area (Å²) in [6, 6.07) is 5.31. The van der Waals surface area contributed by atoms with Crippen molar-refractivity contribution in [3.63, 3.8) is 0 Å². The molecule has 132 valence electrons.